The summed E-state index contributed by atoms with van der Waals surface area (Å²) in [6.45, 7) is 1.87. The number of rotatable bonds is 3. The minimum atomic E-state index is -4.50. The Morgan fingerprint density at radius 3 is 2.55 bits per heavy atom. The van der Waals surface area contributed by atoms with E-state index in [1.54, 1.807) is 6.07 Å². The minimum Gasteiger partial charge on any atom is -0.459 e. The Morgan fingerprint density at radius 2 is 1.95 bits per heavy atom. The van der Waals surface area contributed by atoms with Crippen LogP contribution >= 0.6 is 11.6 Å². The zero-order chi connectivity index (χ0) is 14.9. The largest absolute Gasteiger partial charge is 0.459 e. The van der Waals surface area contributed by atoms with E-state index in [9.17, 15) is 13.2 Å². The van der Waals surface area contributed by atoms with Crippen molar-refractivity contribution in [3.63, 3.8) is 0 Å². The molecule has 0 fully saturated rings. The summed E-state index contributed by atoms with van der Waals surface area (Å²) in [7, 11) is 0. The molecule has 2 aromatic rings. The maximum atomic E-state index is 13.0. The summed E-state index contributed by atoms with van der Waals surface area (Å²) in [5.41, 5.74) is 4.93. The highest BCUT2D eigenvalue weighted by molar-refractivity contribution is 6.30. The van der Waals surface area contributed by atoms with Crippen LogP contribution in [-0.2, 0) is 6.18 Å². The van der Waals surface area contributed by atoms with Gasteiger partial charge in [0.15, 0.2) is 0 Å². The zero-order valence-electron chi connectivity index (χ0n) is 10.7. The van der Waals surface area contributed by atoms with Crippen LogP contribution in [0.3, 0.4) is 0 Å². The number of halogens is 4. The highest BCUT2D eigenvalue weighted by Gasteiger charge is 2.34. The molecule has 6 heteroatoms. The fraction of sp³-hybridized carbons (Fsp3) is 0.286. The van der Waals surface area contributed by atoms with Gasteiger partial charge in [-0.3, -0.25) is 0 Å². The molecule has 0 saturated carbocycles. The van der Waals surface area contributed by atoms with Crippen LogP contribution in [0.25, 0.3) is 11.3 Å². The van der Waals surface area contributed by atoms with Gasteiger partial charge in [-0.15, -0.1) is 0 Å². The molecule has 1 aromatic heterocycles. The first-order chi connectivity index (χ1) is 9.32. The summed E-state index contributed by atoms with van der Waals surface area (Å²) in [5.74, 6) is 0.596. The first-order valence-corrected chi connectivity index (χ1v) is 6.43. The maximum Gasteiger partial charge on any atom is 0.417 e. The molecule has 0 radical (unpaired) electrons. The molecule has 20 heavy (non-hydrogen) atoms. The number of benzene rings is 1. The quantitative estimate of drug-likeness (QED) is 0.864. The fourth-order valence-corrected chi connectivity index (χ4v) is 2.04. The molecule has 2 nitrogen and oxygen atoms in total. The van der Waals surface area contributed by atoms with Crippen LogP contribution < -0.4 is 5.73 Å². The molecule has 0 aliphatic rings. The number of furan rings is 1. The van der Waals surface area contributed by atoms with Crippen molar-refractivity contribution in [2.75, 3.05) is 0 Å². The average Bonchev–Trinajstić information content (AvgIpc) is 2.86. The Morgan fingerprint density at radius 1 is 1.25 bits per heavy atom. The van der Waals surface area contributed by atoms with Gasteiger partial charge in [0.05, 0.1) is 11.6 Å². The van der Waals surface area contributed by atoms with Crippen molar-refractivity contribution in [3.8, 4) is 11.3 Å². The number of alkyl halides is 3. The SMILES string of the molecule is CCC(N)c1ccc(-c2ccc(Cl)cc2C(F)(F)F)o1. The van der Waals surface area contributed by atoms with E-state index in [-0.39, 0.29) is 22.4 Å². The third kappa shape index (κ3) is 2.99. The molecule has 1 unspecified atom stereocenters. The summed E-state index contributed by atoms with van der Waals surface area (Å²) in [6.07, 6.45) is -3.86. The third-order valence-corrected chi connectivity index (χ3v) is 3.22. The van der Waals surface area contributed by atoms with Crippen LogP contribution in [-0.4, -0.2) is 0 Å². The average molecular weight is 304 g/mol. The molecule has 2 rings (SSSR count). The zero-order valence-corrected chi connectivity index (χ0v) is 11.4. The summed E-state index contributed by atoms with van der Waals surface area (Å²) in [5, 5.41) is 0.0260. The van der Waals surface area contributed by atoms with E-state index in [1.165, 1.54) is 18.2 Å². The van der Waals surface area contributed by atoms with Crippen molar-refractivity contribution >= 4 is 11.6 Å². The van der Waals surface area contributed by atoms with Gasteiger partial charge in [-0.25, -0.2) is 0 Å². The van der Waals surface area contributed by atoms with Gasteiger partial charge in [-0.2, -0.15) is 13.2 Å². The lowest BCUT2D eigenvalue weighted by Gasteiger charge is -2.12. The van der Waals surface area contributed by atoms with E-state index < -0.39 is 11.7 Å². The second-order valence-electron chi connectivity index (χ2n) is 4.40. The number of nitrogens with two attached hydrogens (primary N) is 1. The van der Waals surface area contributed by atoms with Gasteiger partial charge in [0.25, 0.3) is 0 Å². The van der Waals surface area contributed by atoms with Crippen LogP contribution in [0.5, 0.6) is 0 Å². The second kappa shape index (κ2) is 5.50. The Labute approximate surface area is 119 Å². The molecule has 108 valence electrons. The van der Waals surface area contributed by atoms with Crippen molar-refractivity contribution < 1.29 is 17.6 Å². The van der Waals surface area contributed by atoms with E-state index in [0.29, 0.717) is 12.2 Å². The molecule has 0 amide bonds. The van der Waals surface area contributed by atoms with Crippen molar-refractivity contribution in [3.05, 3.63) is 46.7 Å². The van der Waals surface area contributed by atoms with Crippen LogP contribution in [0.15, 0.2) is 34.7 Å². The first-order valence-electron chi connectivity index (χ1n) is 6.05. The van der Waals surface area contributed by atoms with E-state index in [4.69, 9.17) is 21.8 Å². The minimum absolute atomic E-state index is 0.0260. The van der Waals surface area contributed by atoms with Gasteiger partial charge < -0.3 is 10.2 Å². The maximum absolute atomic E-state index is 13.0. The molecule has 1 heterocycles. The monoisotopic (exact) mass is 303 g/mol. The van der Waals surface area contributed by atoms with E-state index >= 15 is 0 Å². The molecule has 0 saturated heterocycles. The standard InChI is InChI=1S/C14H13ClF3NO/c1-2-11(19)13-6-5-12(20-13)9-4-3-8(15)7-10(9)14(16,17)18/h3-7,11H,2,19H2,1H3. The highest BCUT2D eigenvalue weighted by atomic mass is 35.5. The first kappa shape index (κ1) is 14.9. The molecular formula is C14H13ClF3NO. The van der Waals surface area contributed by atoms with Crippen molar-refractivity contribution in [1.29, 1.82) is 0 Å². The van der Waals surface area contributed by atoms with Gasteiger partial charge in [0, 0.05) is 10.6 Å². The lowest BCUT2D eigenvalue weighted by Crippen LogP contribution is -2.07. The number of hydrogen-bond donors (Lipinski definition) is 1. The molecule has 0 aliphatic carbocycles. The van der Waals surface area contributed by atoms with Crippen molar-refractivity contribution in [2.45, 2.75) is 25.6 Å². The summed E-state index contributed by atoms with van der Waals surface area (Å²) < 4.78 is 44.5. The third-order valence-electron chi connectivity index (χ3n) is 2.98. The van der Waals surface area contributed by atoms with Crippen LogP contribution in [0.1, 0.15) is 30.7 Å². The fourth-order valence-electron chi connectivity index (χ4n) is 1.86. The Kier molecular flexibility index (Phi) is 4.11. The molecule has 0 aliphatic heterocycles. The highest BCUT2D eigenvalue weighted by Crippen LogP contribution is 2.39. The van der Waals surface area contributed by atoms with Crippen molar-refractivity contribution in [2.24, 2.45) is 5.73 Å². The lowest BCUT2D eigenvalue weighted by atomic mass is 10.1. The van der Waals surface area contributed by atoms with Gasteiger partial charge in [0.2, 0.25) is 0 Å². The Hall–Kier alpha value is -1.46. The van der Waals surface area contributed by atoms with Crippen LogP contribution in [0, 0.1) is 0 Å². The van der Waals surface area contributed by atoms with Gasteiger partial charge in [-0.05, 0) is 36.8 Å². The normalized spacial score (nSPS) is 13.5. The molecule has 0 spiro atoms. The van der Waals surface area contributed by atoms with Gasteiger partial charge in [-0.1, -0.05) is 18.5 Å². The molecule has 1 atom stereocenters. The molecule has 1 aromatic carbocycles. The van der Waals surface area contributed by atoms with Crippen LogP contribution in [0.2, 0.25) is 5.02 Å². The molecular weight excluding hydrogens is 291 g/mol. The Balaban J connectivity index is 2.50. The molecule has 2 N–H and O–H groups in total. The van der Waals surface area contributed by atoms with E-state index in [1.807, 2.05) is 6.92 Å². The number of hydrogen-bond acceptors (Lipinski definition) is 2. The van der Waals surface area contributed by atoms with Gasteiger partial charge >= 0.3 is 6.18 Å². The lowest BCUT2D eigenvalue weighted by molar-refractivity contribution is -0.137. The summed E-state index contributed by atoms with van der Waals surface area (Å²) >= 11 is 5.64. The smallest absolute Gasteiger partial charge is 0.417 e. The van der Waals surface area contributed by atoms with Gasteiger partial charge in [0.1, 0.15) is 11.5 Å². The van der Waals surface area contributed by atoms with E-state index in [2.05, 4.69) is 0 Å². The van der Waals surface area contributed by atoms with Crippen LogP contribution in [0.4, 0.5) is 13.2 Å². The summed E-state index contributed by atoms with van der Waals surface area (Å²) in [4.78, 5) is 0. The molecule has 0 bridgehead atoms. The second-order valence-corrected chi connectivity index (χ2v) is 4.84. The topological polar surface area (TPSA) is 39.2 Å². The van der Waals surface area contributed by atoms with Crippen molar-refractivity contribution in [1.82, 2.24) is 0 Å². The van der Waals surface area contributed by atoms with E-state index in [0.717, 1.165) is 6.07 Å². The predicted octanol–water partition coefficient (Wildman–Crippen LogP) is 5.03. The predicted molar refractivity (Wildman–Crippen MR) is 71.4 cm³/mol. The summed E-state index contributed by atoms with van der Waals surface area (Å²) in [6, 6.07) is 6.34. The Bertz CT molecular complexity index is 607.